The second-order valence-corrected chi connectivity index (χ2v) is 6.57. The third-order valence-electron chi connectivity index (χ3n) is 3.17. The van der Waals surface area contributed by atoms with E-state index in [2.05, 4.69) is 42.1 Å². The SMILES string of the molecule is Cc1cc(C)cc(NC(N)=NCc2ncc(C(C)(C)C)o2)c1. The Bertz CT molecular complexity index is 660. The number of aliphatic imine (C=N–C) groups is 1. The van der Waals surface area contributed by atoms with Gasteiger partial charge in [-0.2, -0.15) is 0 Å². The summed E-state index contributed by atoms with van der Waals surface area (Å²) in [5, 5.41) is 3.09. The molecule has 5 nitrogen and oxygen atoms in total. The summed E-state index contributed by atoms with van der Waals surface area (Å²) < 4.78 is 5.69. The van der Waals surface area contributed by atoms with Gasteiger partial charge in [0, 0.05) is 11.1 Å². The van der Waals surface area contributed by atoms with Crippen LogP contribution in [0, 0.1) is 13.8 Å². The van der Waals surface area contributed by atoms with E-state index in [4.69, 9.17) is 10.2 Å². The number of guanidine groups is 1. The maximum atomic E-state index is 5.92. The van der Waals surface area contributed by atoms with Crippen LogP contribution in [-0.4, -0.2) is 10.9 Å². The number of anilines is 1. The first-order valence-corrected chi connectivity index (χ1v) is 7.34. The van der Waals surface area contributed by atoms with Crippen LogP contribution >= 0.6 is 0 Å². The molecule has 22 heavy (non-hydrogen) atoms. The highest BCUT2D eigenvalue weighted by Crippen LogP contribution is 2.22. The van der Waals surface area contributed by atoms with E-state index in [9.17, 15) is 0 Å². The lowest BCUT2D eigenvalue weighted by molar-refractivity contribution is 0.383. The summed E-state index contributed by atoms with van der Waals surface area (Å²) in [5.74, 6) is 1.76. The van der Waals surface area contributed by atoms with Crippen LogP contribution in [0.1, 0.15) is 43.5 Å². The van der Waals surface area contributed by atoms with Gasteiger partial charge in [-0.3, -0.25) is 0 Å². The number of benzene rings is 1. The molecule has 0 amide bonds. The zero-order valence-corrected chi connectivity index (χ0v) is 13.9. The number of nitrogens with two attached hydrogens (primary N) is 1. The predicted molar refractivity (Wildman–Crippen MR) is 90.1 cm³/mol. The van der Waals surface area contributed by atoms with Crippen molar-refractivity contribution in [1.82, 2.24) is 4.98 Å². The van der Waals surface area contributed by atoms with Crippen LogP contribution in [0.3, 0.4) is 0 Å². The van der Waals surface area contributed by atoms with E-state index in [1.165, 1.54) is 11.1 Å². The second kappa shape index (κ2) is 6.22. The lowest BCUT2D eigenvalue weighted by Crippen LogP contribution is -2.22. The first-order valence-electron chi connectivity index (χ1n) is 7.34. The van der Waals surface area contributed by atoms with Crippen molar-refractivity contribution in [3.8, 4) is 0 Å². The molecule has 2 aromatic rings. The fourth-order valence-electron chi connectivity index (χ4n) is 2.12. The Balaban J connectivity index is 2.02. The number of hydrogen-bond acceptors (Lipinski definition) is 3. The van der Waals surface area contributed by atoms with Crippen LogP contribution in [0.15, 0.2) is 33.8 Å². The highest BCUT2D eigenvalue weighted by molar-refractivity contribution is 5.92. The summed E-state index contributed by atoms with van der Waals surface area (Å²) in [6.07, 6.45) is 1.75. The number of aryl methyl sites for hydroxylation is 2. The average molecular weight is 300 g/mol. The molecule has 0 bridgehead atoms. The largest absolute Gasteiger partial charge is 0.443 e. The molecule has 0 atom stereocenters. The van der Waals surface area contributed by atoms with Crippen molar-refractivity contribution in [1.29, 1.82) is 0 Å². The Labute approximate surface area is 131 Å². The Morgan fingerprint density at radius 3 is 2.41 bits per heavy atom. The number of oxazole rings is 1. The van der Waals surface area contributed by atoms with E-state index in [1.807, 2.05) is 26.0 Å². The molecule has 2 rings (SSSR count). The fourth-order valence-corrected chi connectivity index (χ4v) is 2.12. The summed E-state index contributed by atoms with van der Waals surface area (Å²) in [4.78, 5) is 8.50. The molecule has 0 aliphatic heterocycles. The molecule has 5 heteroatoms. The minimum Gasteiger partial charge on any atom is -0.443 e. The third-order valence-corrected chi connectivity index (χ3v) is 3.17. The van der Waals surface area contributed by atoms with Gasteiger partial charge in [-0.05, 0) is 37.1 Å². The highest BCUT2D eigenvalue weighted by atomic mass is 16.4. The number of aromatic nitrogens is 1. The molecule has 1 aromatic heterocycles. The normalized spacial score (nSPS) is 12.5. The number of rotatable bonds is 3. The minimum absolute atomic E-state index is 0.0577. The van der Waals surface area contributed by atoms with Crippen molar-refractivity contribution in [3.05, 3.63) is 47.2 Å². The number of nitrogens with one attached hydrogen (secondary N) is 1. The Morgan fingerprint density at radius 1 is 1.23 bits per heavy atom. The van der Waals surface area contributed by atoms with Gasteiger partial charge in [0.05, 0.1) is 6.20 Å². The van der Waals surface area contributed by atoms with E-state index < -0.39 is 0 Å². The van der Waals surface area contributed by atoms with Gasteiger partial charge in [-0.15, -0.1) is 0 Å². The second-order valence-electron chi connectivity index (χ2n) is 6.57. The van der Waals surface area contributed by atoms with E-state index in [0.717, 1.165) is 11.4 Å². The maximum absolute atomic E-state index is 5.92. The van der Waals surface area contributed by atoms with Crippen molar-refractivity contribution in [2.45, 2.75) is 46.6 Å². The maximum Gasteiger partial charge on any atom is 0.216 e. The van der Waals surface area contributed by atoms with Crippen LogP contribution in [0.5, 0.6) is 0 Å². The molecule has 3 N–H and O–H groups in total. The summed E-state index contributed by atoms with van der Waals surface area (Å²) in [7, 11) is 0. The molecule has 0 spiro atoms. The van der Waals surface area contributed by atoms with Crippen LogP contribution in [0.2, 0.25) is 0 Å². The predicted octanol–water partition coefficient (Wildman–Crippen LogP) is 3.52. The van der Waals surface area contributed by atoms with Gasteiger partial charge in [-0.25, -0.2) is 9.98 Å². The van der Waals surface area contributed by atoms with Crippen molar-refractivity contribution < 1.29 is 4.42 Å². The fraction of sp³-hybridized carbons (Fsp3) is 0.412. The summed E-state index contributed by atoms with van der Waals surface area (Å²) in [6, 6.07) is 6.16. The van der Waals surface area contributed by atoms with Crippen LogP contribution in [0.4, 0.5) is 5.69 Å². The molecule has 0 fully saturated rings. The summed E-state index contributed by atoms with van der Waals surface area (Å²) in [6.45, 7) is 10.7. The van der Waals surface area contributed by atoms with Gasteiger partial charge >= 0.3 is 0 Å². The number of nitrogens with zero attached hydrogens (tertiary/aromatic N) is 2. The molecule has 0 saturated carbocycles. The summed E-state index contributed by atoms with van der Waals surface area (Å²) in [5.41, 5.74) is 9.15. The lowest BCUT2D eigenvalue weighted by atomic mass is 9.94. The summed E-state index contributed by atoms with van der Waals surface area (Å²) >= 11 is 0. The molecule has 0 aliphatic carbocycles. The topological polar surface area (TPSA) is 76.4 Å². The zero-order valence-electron chi connectivity index (χ0n) is 13.9. The Kier molecular flexibility index (Phi) is 4.54. The lowest BCUT2D eigenvalue weighted by Gasteiger charge is -2.12. The molecule has 1 heterocycles. The van der Waals surface area contributed by atoms with E-state index in [-0.39, 0.29) is 5.41 Å². The zero-order chi connectivity index (χ0) is 16.3. The van der Waals surface area contributed by atoms with Gasteiger partial charge in [0.1, 0.15) is 12.3 Å². The van der Waals surface area contributed by atoms with Gasteiger partial charge < -0.3 is 15.5 Å². The quantitative estimate of drug-likeness (QED) is 0.671. The molecular weight excluding hydrogens is 276 g/mol. The molecule has 0 unspecified atom stereocenters. The molecule has 118 valence electrons. The average Bonchev–Trinajstić information content (AvgIpc) is 2.83. The van der Waals surface area contributed by atoms with Crippen molar-refractivity contribution in [3.63, 3.8) is 0 Å². The van der Waals surface area contributed by atoms with Gasteiger partial charge in [0.15, 0.2) is 5.96 Å². The van der Waals surface area contributed by atoms with Crippen LogP contribution < -0.4 is 11.1 Å². The van der Waals surface area contributed by atoms with Crippen LogP contribution in [0.25, 0.3) is 0 Å². The highest BCUT2D eigenvalue weighted by Gasteiger charge is 2.18. The first kappa shape index (κ1) is 16.1. The Morgan fingerprint density at radius 2 is 1.86 bits per heavy atom. The van der Waals surface area contributed by atoms with Crippen molar-refractivity contribution in [2.75, 3.05) is 5.32 Å². The van der Waals surface area contributed by atoms with Crippen molar-refractivity contribution in [2.24, 2.45) is 10.7 Å². The van der Waals surface area contributed by atoms with Crippen molar-refractivity contribution >= 4 is 11.6 Å². The first-order chi connectivity index (χ1) is 10.2. The monoisotopic (exact) mass is 300 g/mol. The number of hydrogen-bond donors (Lipinski definition) is 2. The molecule has 1 aromatic carbocycles. The minimum atomic E-state index is -0.0577. The van der Waals surface area contributed by atoms with E-state index in [1.54, 1.807) is 6.20 Å². The standard InChI is InChI=1S/C17H24N4O/c1-11-6-12(2)8-13(7-11)21-16(18)20-10-15-19-9-14(22-15)17(3,4)5/h6-9H,10H2,1-5H3,(H3,18,20,21). The smallest absolute Gasteiger partial charge is 0.216 e. The van der Waals surface area contributed by atoms with Crippen LogP contribution in [-0.2, 0) is 12.0 Å². The molecule has 0 aliphatic rings. The van der Waals surface area contributed by atoms with E-state index >= 15 is 0 Å². The molecule has 0 radical (unpaired) electrons. The van der Waals surface area contributed by atoms with E-state index in [0.29, 0.717) is 18.4 Å². The van der Waals surface area contributed by atoms with Gasteiger partial charge in [-0.1, -0.05) is 26.8 Å². The van der Waals surface area contributed by atoms with Gasteiger partial charge in [0.25, 0.3) is 0 Å². The Hall–Kier alpha value is -2.30. The third kappa shape index (κ3) is 4.35. The molecule has 0 saturated heterocycles. The molecular formula is C17H24N4O. The van der Waals surface area contributed by atoms with Gasteiger partial charge in [0.2, 0.25) is 5.89 Å².